The van der Waals surface area contributed by atoms with Crippen molar-refractivity contribution in [1.82, 2.24) is 10.6 Å². The first-order chi connectivity index (χ1) is 14.5. The lowest BCUT2D eigenvalue weighted by Crippen LogP contribution is -2.36. The third-order valence-corrected chi connectivity index (χ3v) is 4.47. The molecule has 0 saturated carbocycles. The highest BCUT2D eigenvalue weighted by Crippen LogP contribution is 2.15. The zero-order chi connectivity index (χ0) is 21.8. The number of nitriles is 1. The van der Waals surface area contributed by atoms with Gasteiger partial charge in [0, 0.05) is 48.7 Å². The summed E-state index contributed by atoms with van der Waals surface area (Å²) in [6.45, 7) is 0.792. The Morgan fingerprint density at radius 2 is 1.60 bits per heavy atom. The molecular weight excluding hydrogens is 404 g/mol. The van der Waals surface area contributed by atoms with Gasteiger partial charge in [0.1, 0.15) is 0 Å². The van der Waals surface area contributed by atoms with Gasteiger partial charge in [-0.2, -0.15) is 5.26 Å². The van der Waals surface area contributed by atoms with E-state index in [1.54, 1.807) is 36.4 Å². The number of para-hydroxylation sites is 1. The molecule has 0 aliphatic heterocycles. The summed E-state index contributed by atoms with van der Waals surface area (Å²) in [5.74, 6) is -0.757. The molecule has 2 N–H and O–H groups in total. The molecule has 0 aromatic heterocycles. The van der Waals surface area contributed by atoms with E-state index in [0.717, 1.165) is 0 Å². The van der Waals surface area contributed by atoms with Crippen molar-refractivity contribution in [3.8, 4) is 6.07 Å². The summed E-state index contributed by atoms with van der Waals surface area (Å²) in [7, 11) is 0. The Balaban J connectivity index is 1.72. The highest BCUT2D eigenvalue weighted by Gasteiger charge is 2.16. The monoisotopic (exact) mass is 426 g/mol. The lowest BCUT2D eigenvalue weighted by atomic mass is 10.2. The summed E-state index contributed by atoms with van der Waals surface area (Å²) in [4.78, 5) is 38.0. The standard InChI is InChI=1S/C22H23ClN4O3/c23-18-9-7-17(8-10-18)22(30)26-15-14-25-20(28)11-12-21(29)27(16-4-13-24)19-5-2-1-3-6-19/h1-3,5-10H,4,11-12,14-16H2,(H,25,28)(H,26,30). The number of nitrogens with zero attached hydrogens (tertiary/aromatic N) is 2. The van der Waals surface area contributed by atoms with Crippen LogP contribution < -0.4 is 15.5 Å². The van der Waals surface area contributed by atoms with E-state index in [0.29, 0.717) is 16.3 Å². The number of carbonyl (C=O) groups is 3. The maximum Gasteiger partial charge on any atom is 0.251 e. The Bertz CT molecular complexity index is 895. The van der Waals surface area contributed by atoms with Crippen molar-refractivity contribution >= 4 is 35.0 Å². The van der Waals surface area contributed by atoms with Gasteiger partial charge in [-0.3, -0.25) is 14.4 Å². The van der Waals surface area contributed by atoms with Crippen LogP contribution in [0.2, 0.25) is 5.02 Å². The predicted molar refractivity (Wildman–Crippen MR) is 115 cm³/mol. The van der Waals surface area contributed by atoms with Crippen LogP contribution in [0.4, 0.5) is 5.69 Å². The van der Waals surface area contributed by atoms with Gasteiger partial charge in [0.2, 0.25) is 11.8 Å². The molecule has 7 nitrogen and oxygen atoms in total. The van der Waals surface area contributed by atoms with Crippen LogP contribution in [-0.2, 0) is 9.59 Å². The SMILES string of the molecule is N#CCCN(C(=O)CCC(=O)NCCNC(=O)c1ccc(Cl)cc1)c1ccccc1. The molecule has 3 amide bonds. The zero-order valence-corrected chi connectivity index (χ0v) is 17.2. The van der Waals surface area contributed by atoms with Crippen LogP contribution in [-0.4, -0.2) is 37.4 Å². The number of halogens is 1. The smallest absolute Gasteiger partial charge is 0.251 e. The number of hydrogen-bond acceptors (Lipinski definition) is 4. The van der Waals surface area contributed by atoms with Crippen molar-refractivity contribution in [3.63, 3.8) is 0 Å². The van der Waals surface area contributed by atoms with Gasteiger partial charge in [0.15, 0.2) is 0 Å². The first kappa shape index (κ1) is 22.9. The van der Waals surface area contributed by atoms with E-state index in [2.05, 4.69) is 10.6 Å². The number of carbonyl (C=O) groups excluding carboxylic acids is 3. The topological polar surface area (TPSA) is 102 Å². The summed E-state index contributed by atoms with van der Waals surface area (Å²) in [6, 6.07) is 17.6. The Kier molecular flexibility index (Phi) is 9.35. The minimum absolute atomic E-state index is 0.0276. The third-order valence-electron chi connectivity index (χ3n) is 4.22. The second-order valence-electron chi connectivity index (χ2n) is 6.40. The lowest BCUT2D eigenvalue weighted by molar-refractivity contribution is -0.125. The van der Waals surface area contributed by atoms with Gasteiger partial charge in [0.05, 0.1) is 12.5 Å². The molecule has 2 rings (SSSR count). The van der Waals surface area contributed by atoms with Crippen molar-refractivity contribution in [2.45, 2.75) is 19.3 Å². The number of rotatable bonds is 10. The summed E-state index contributed by atoms with van der Waals surface area (Å²) in [5, 5.41) is 14.7. The van der Waals surface area contributed by atoms with Crippen LogP contribution in [0, 0.1) is 11.3 Å². The molecule has 2 aromatic carbocycles. The Labute approximate surface area is 180 Å². The van der Waals surface area contributed by atoms with Gasteiger partial charge in [-0.05, 0) is 36.4 Å². The molecule has 30 heavy (non-hydrogen) atoms. The molecule has 156 valence electrons. The van der Waals surface area contributed by atoms with E-state index in [1.165, 1.54) is 4.90 Å². The van der Waals surface area contributed by atoms with Crippen molar-refractivity contribution in [3.05, 3.63) is 65.2 Å². The molecule has 0 saturated heterocycles. The summed E-state index contributed by atoms with van der Waals surface area (Å²) >= 11 is 5.79. The molecule has 0 aliphatic rings. The molecular formula is C22H23ClN4O3. The minimum Gasteiger partial charge on any atom is -0.354 e. The Morgan fingerprint density at radius 1 is 0.933 bits per heavy atom. The largest absolute Gasteiger partial charge is 0.354 e. The van der Waals surface area contributed by atoms with E-state index in [4.69, 9.17) is 16.9 Å². The Morgan fingerprint density at radius 3 is 2.27 bits per heavy atom. The molecule has 0 bridgehead atoms. The Hall–Kier alpha value is -3.37. The fourth-order valence-corrected chi connectivity index (χ4v) is 2.82. The van der Waals surface area contributed by atoms with Gasteiger partial charge in [0.25, 0.3) is 5.91 Å². The quantitative estimate of drug-likeness (QED) is 0.570. The van der Waals surface area contributed by atoms with E-state index in [-0.39, 0.29) is 56.6 Å². The maximum atomic E-state index is 12.5. The summed E-state index contributed by atoms with van der Waals surface area (Å²) in [5.41, 5.74) is 1.18. The lowest BCUT2D eigenvalue weighted by Gasteiger charge is -2.21. The first-order valence-corrected chi connectivity index (χ1v) is 9.92. The highest BCUT2D eigenvalue weighted by atomic mass is 35.5. The number of nitrogens with one attached hydrogen (secondary N) is 2. The van der Waals surface area contributed by atoms with Gasteiger partial charge >= 0.3 is 0 Å². The van der Waals surface area contributed by atoms with Crippen LogP contribution in [0.1, 0.15) is 29.6 Å². The molecule has 2 aromatic rings. The molecule has 0 fully saturated rings. The van der Waals surface area contributed by atoms with E-state index in [1.807, 2.05) is 24.3 Å². The number of anilines is 1. The summed E-state index contributed by atoms with van der Waals surface area (Å²) < 4.78 is 0. The number of benzene rings is 2. The molecule has 8 heteroatoms. The molecule has 0 heterocycles. The van der Waals surface area contributed by atoms with Crippen LogP contribution in [0.5, 0.6) is 0 Å². The fraction of sp³-hybridized carbons (Fsp3) is 0.273. The van der Waals surface area contributed by atoms with E-state index in [9.17, 15) is 14.4 Å². The fourth-order valence-electron chi connectivity index (χ4n) is 2.69. The second kappa shape index (κ2) is 12.2. The van der Waals surface area contributed by atoms with Gasteiger partial charge in [-0.1, -0.05) is 29.8 Å². The molecule has 0 spiro atoms. The first-order valence-electron chi connectivity index (χ1n) is 9.54. The normalized spacial score (nSPS) is 10.0. The van der Waals surface area contributed by atoms with E-state index < -0.39 is 0 Å². The second-order valence-corrected chi connectivity index (χ2v) is 6.84. The predicted octanol–water partition coefficient (Wildman–Crippen LogP) is 2.91. The van der Waals surface area contributed by atoms with Crippen molar-refractivity contribution in [1.29, 1.82) is 5.26 Å². The molecule has 0 unspecified atom stereocenters. The zero-order valence-electron chi connectivity index (χ0n) is 16.4. The van der Waals surface area contributed by atoms with Crippen LogP contribution in [0.25, 0.3) is 0 Å². The van der Waals surface area contributed by atoms with Crippen molar-refractivity contribution < 1.29 is 14.4 Å². The maximum absolute atomic E-state index is 12.5. The molecule has 0 atom stereocenters. The summed E-state index contributed by atoms with van der Waals surface area (Å²) in [6.07, 6.45) is 0.267. The van der Waals surface area contributed by atoms with E-state index >= 15 is 0 Å². The average molecular weight is 427 g/mol. The number of amides is 3. The third kappa shape index (κ3) is 7.57. The van der Waals surface area contributed by atoms with Crippen LogP contribution >= 0.6 is 11.6 Å². The van der Waals surface area contributed by atoms with Gasteiger partial charge in [-0.15, -0.1) is 0 Å². The van der Waals surface area contributed by atoms with Crippen LogP contribution in [0.15, 0.2) is 54.6 Å². The molecule has 0 aliphatic carbocycles. The van der Waals surface area contributed by atoms with Gasteiger partial charge < -0.3 is 15.5 Å². The highest BCUT2D eigenvalue weighted by molar-refractivity contribution is 6.30. The average Bonchev–Trinajstić information content (AvgIpc) is 2.76. The van der Waals surface area contributed by atoms with Gasteiger partial charge in [-0.25, -0.2) is 0 Å². The van der Waals surface area contributed by atoms with Crippen molar-refractivity contribution in [2.24, 2.45) is 0 Å². The van der Waals surface area contributed by atoms with Crippen LogP contribution in [0.3, 0.4) is 0 Å². The minimum atomic E-state index is -0.280. The van der Waals surface area contributed by atoms with Crippen molar-refractivity contribution in [2.75, 3.05) is 24.5 Å². The molecule has 0 radical (unpaired) electrons. The number of hydrogen-bond donors (Lipinski definition) is 2.